The molecule has 0 spiro atoms. The number of hydrogen-bond donors (Lipinski definition) is 0. The van der Waals surface area contributed by atoms with Crippen molar-refractivity contribution in [3.05, 3.63) is 84.7 Å². The second-order valence-corrected chi connectivity index (χ2v) is 6.79. The molecule has 0 aliphatic carbocycles. The van der Waals surface area contributed by atoms with Crippen molar-refractivity contribution < 1.29 is 18.3 Å². The molecule has 0 aliphatic rings. The lowest BCUT2D eigenvalue weighted by atomic mass is 10.1. The van der Waals surface area contributed by atoms with Gasteiger partial charge < -0.3 is 9.47 Å². The van der Waals surface area contributed by atoms with Gasteiger partial charge in [-0.1, -0.05) is 42.5 Å². The Morgan fingerprint density at radius 2 is 1.68 bits per heavy atom. The minimum atomic E-state index is -2.88. The molecule has 3 aromatic carbocycles. The van der Waals surface area contributed by atoms with Gasteiger partial charge >= 0.3 is 6.61 Å². The van der Waals surface area contributed by atoms with E-state index in [1.165, 1.54) is 12.1 Å². The summed E-state index contributed by atoms with van der Waals surface area (Å²) >= 11 is 0. The van der Waals surface area contributed by atoms with Gasteiger partial charge in [-0.15, -0.1) is 10.2 Å². The number of hydrogen-bond acceptors (Lipinski definition) is 5. The Morgan fingerprint density at radius 3 is 2.52 bits per heavy atom. The van der Waals surface area contributed by atoms with E-state index in [0.29, 0.717) is 29.5 Å². The summed E-state index contributed by atoms with van der Waals surface area (Å²) in [6.45, 7) is -2.54. The maximum atomic E-state index is 12.4. The Bertz CT molecular complexity index is 1350. The van der Waals surface area contributed by atoms with Gasteiger partial charge in [0.15, 0.2) is 11.5 Å². The number of nitrogens with zero attached hydrogens (tertiary/aromatic N) is 4. The standard InChI is InChI=1S/C23H16F2N4O2/c24-23(25)31-18-10-8-16(9-11-18)22-28-27-20-12-26-13-21(29(20)22)30-14-17-6-3-5-15-4-1-2-7-19(15)17/h1-13,23H,14H2. The highest BCUT2D eigenvalue weighted by molar-refractivity contribution is 5.85. The Balaban J connectivity index is 1.48. The first kappa shape index (κ1) is 18.9. The molecule has 0 bridgehead atoms. The van der Waals surface area contributed by atoms with E-state index in [4.69, 9.17) is 4.74 Å². The van der Waals surface area contributed by atoms with Crippen molar-refractivity contribution in [2.24, 2.45) is 0 Å². The molecule has 0 N–H and O–H groups in total. The molecule has 154 valence electrons. The Hall–Kier alpha value is -4.07. The molecule has 5 aromatic rings. The van der Waals surface area contributed by atoms with Crippen LogP contribution in [0.3, 0.4) is 0 Å². The van der Waals surface area contributed by atoms with Crippen LogP contribution >= 0.6 is 0 Å². The number of alkyl halides is 2. The number of rotatable bonds is 6. The van der Waals surface area contributed by atoms with Crippen LogP contribution in [-0.4, -0.2) is 26.2 Å². The van der Waals surface area contributed by atoms with Crippen molar-refractivity contribution in [2.45, 2.75) is 13.2 Å². The third-order valence-electron chi connectivity index (χ3n) is 4.88. The first-order valence-electron chi connectivity index (χ1n) is 9.53. The number of aromatic nitrogens is 4. The zero-order valence-electron chi connectivity index (χ0n) is 16.2. The molecule has 0 amide bonds. The Labute approximate surface area is 175 Å². The largest absolute Gasteiger partial charge is 0.473 e. The normalized spacial score (nSPS) is 11.3. The van der Waals surface area contributed by atoms with E-state index >= 15 is 0 Å². The van der Waals surface area contributed by atoms with Gasteiger partial charge in [0.05, 0.1) is 12.4 Å². The molecular formula is C23H16F2N4O2. The van der Waals surface area contributed by atoms with Crippen molar-refractivity contribution in [1.29, 1.82) is 0 Å². The Morgan fingerprint density at radius 1 is 0.871 bits per heavy atom. The van der Waals surface area contributed by atoms with Gasteiger partial charge in [0.1, 0.15) is 12.4 Å². The van der Waals surface area contributed by atoms with Gasteiger partial charge in [-0.3, -0.25) is 4.98 Å². The van der Waals surface area contributed by atoms with E-state index < -0.39 is 6.61 Å². The third-order valence-corrected chi connectivity index (χ3v) is 4.88. The number of fused-ring (bicyclic) bond motifs is 2. The van der Waals surface area contributed by atoms with E-state index in [-0.39, 0.29) is 5.75 Å². The lowest BCUT2D eigenvalue weighted by Gasteiger charge is -2.11. The summed E-state index contributed by atoms with van der Waals surface area (Å²) in [5.41, 5.74) is 2.23. The van der Waals surface area contributed by atoms with Gasteiger partial charge in [-0.25, -0.2) is 4.40 Å². The number of halogens is 2. The Kier molecular flexibility index (Phi) is 4.87. The molecular weight excluding hydrogens is 402 g/mol. The second-order valence-electron chi connectivity index (χ2n) is 6.79. The van der Waals surface area contributed by atoms with Crippen LogP contribution in [0.25, 0.3) is 27.8 Å². The summed E-state index contributed by atoms with van der Waals surface area (Å²) < 4.78 is 37.1. The molecule has 0 fully saturated rings. The van der Waals surface area contributed by atoms with Crippen LogP contribution in [0.1, 0.15) is 5.56 Å². The maximum Gasteiger partial charge on any atom is 0.387 e. The van der Waals surface area contributed by atoms with Gasteiger partial charge in [0.2, 0.25) is 5.88 Å². The molecule has 0 aliphatic heterocycles. The molecule has 5 rings (SSSR count). The summed E-state index contributed by atoms with van der Waals surface area (Å²) in [5.74, 6) is 1.05. The average Bonchev–Trinajstić information content (AvgIpc) is 3.23. The second kappa shape index (κ2) is 7.98. The predicted molar refractivity (Wildman–Crippen MR) is 111 cm³/mol. The minimum Gasteiger partial charge on any atom is -0.473 e. The van der Waals surface area contributed by atoms with E-state index in [9.17, 15) is 8.78 Å². The molecule has 2 aromatic heterocycles. The first-order valence-corrected chi connectivity index (χ1v) is 9.53. The van der Waals surface area contributed by atoms with Crippen molar-refractivity contribution >= 4 is 16.4 Å². The van der Waals surface area contributed by atoms with Crippen LogP contribution in [0.5, 0.6) is 11.6 Å². The monoisotopic (exact) mass is 418 g/mol. The molecule has 31 heavy (non-hydrogen) atoms. The van der Waals surface area contributed by atoms with Gasteiger partial charge in [0.25, 0.3) is 0 Å². The molecule has 0 saturated carbocycles. The molecule has 0 atom stereocenters. The lowest BCUT2D eigenvalue weighted by molar-refractivity contribution is -0.0498. The molecule has 2 heterocycles. The van der Waals surface area contributed by atoms with Crippen molar-refractivity contribution in [1.82, 2.24) is 19.6 Å². The van der Waals surface area contributed by atoms with Crippen LogP contribution in [-0.2, 0) is 6.61 Å². The summed E-state index contributed by atoms with van der Waals surface area (Å²) in [6, 6.07) is 20.4. The summed E-state index contributed by atoms with van der Waals surface area (Å²) in [4.78, 5) is 4.19. The van der Waals surface area contributed by atoms with E-state index in [0.717, 1.165) is 16.3 Å². The minimum absolute atomic E-state index is 0.0710. The zero-order valence-corrected chi connectivity index (χ0v) is 16.2. The highest BCUT2D eigenvalue weighted by Crippen LogP contribution is 2.26. The first-order chi connectivity index (χ1) is 15.2. The summed E-state index contributed by atoms with van der Waals surface area (Å²) in [6.07, 6.45) is 3.18. The van der Waals surface area contributed by atoms with Crippen molar-refractivity contribution in [2.75, 3.05) is 0 Å². The van der Waals surface area contributed by atoms with Gasteiger partial charge in [-0.05, 0) is 40.6 Å². The average molecular weight is 418 g/mol. The van der Waals surface area contributed by atoms with Gasteiger partial charge in [-0.2, -0.15) is 8.78 Å². The highest BCUT2D eigenvalue weighted by atomic mass is 19.3. The van der Waals surface area contributed by atoms with Crippen LogP contribution < -0.4 is 9.47 Å². The van der Waals surface area contributed by atoms with Crippen LogP contribution in [0.15, 0.2) is 79.1 Å². The topological polar surface area (TPSA) is 61.5 Å². The van der Waals surface area contributed by atoms with Crippen LogP contribution in [0.4, 0.5) is 8.78 Å². The SMILES string of the molecule is FC(F)Oc1ccc(-c2nnc3cncc(OCc4cccc5ccccc45)n23)cc1. The third kappa shape index (κ3) is 3.75. The zero-order chi connectivity index (χ0) is 21.2. The van der Waals surface area contributed by atoms with Crippen molar-refractivity contribution in [3.8, 4) is 23.0 Å². The fraction of sp³-hybridized carbons (Fsp3) is 0.0870. The molecule has 0 radical (unpaired) electrons. The number of benzene rings is 3. The quantitative estimate of drug-likeness (QED) is 0.383. The number of ether oxygens (including phenoxy) is 2. The lowest BCUT2D eigenvalue weighted by Crippen LogP contribution is -2.03. The summed E-state index contributed by atoms with van der Waals surface area (Å²) in [5, 5.41) is 10.6. The molecule has 8 heteroatoms. The van der Waals surface area contributed by atoms with Crippen molar-refractivity contribution in [3.63, 3.8) is 0 Å². The van der Waals surface area contributed by atoms with Crippen LogP contribution in [0.2, 0.25) is 0 Å². The highest BCUT2D eigenvalue weighted by Gasteiger charge is 2.14. The van der Waals surface area contributed by atoms with Gasteiger partial charge in [0, 0.05) is 5.56 Å². The molecule has 0 unspecified atom stereocenters. The van der Waals surface area contributed by atoms with Crippen LogP contribution in [0, 0.1) is 0 Å². The smallest absolute Gasteiger partial charge is 0.387 e. The van der Waals surface area contributed by atoms with E-state index in [1.54, 1.807) is 28.9 Å². The predicted octanol–water partition coefficient (Wildman–Crippen LogP) is 5.12. The maximum absolute atomic E-state index is 12.4. The molecule has 0 saturated heterocycles. The summed E-state index contributed by atoms with van der Waals surface area (Å²) in [7, 11) is 0. The fourth-order valence-electron chi connectivity index (χ4n) is 3.47. The van der Waals surface area contributed by atoms with E-state index in [2.05, 4.69) is 38.1 Å². The van der Waals surface area contributed by atoms with E-state index in [1.807, 2.05) is 24.3 Å². The fourth-order valence-corrected chi connectivity index (χ4v) is 3.47. The molecule has 6 nitrogen and oxygen atoms in total.